The van der Waals surface area contributed by atoms with Crippen LogP contribution < -0.4 is 10.6 Å². The second kappa shape index (κ2) is 9.20. The molecule has 2 amide bonds. The molecule has 2 fully saturated rings. The van der Waals surface area contributed by atoms with E-state index in [0.717, 1.165) is 38.8 Å². The van der Waals surface area contributed by atoms with Gasteiger partial charge in [0.15, 0.2) is 0 Å². The highest BCUT2D eigenvalue weighted by atomic mass is 35.5. The smallest absolute Gasteiger partial charge is 0.234 e. The first-order valence-corrected chi connectivity index (χ1v) is 10.0. The second-order valence-electron chi connectivity index (χ2n) is 7.91. The van der Waals surface area contributed by atoms with Gasteiger partial charge in [0.05, 0.1) is 13.2 Å². The van der Waals surface area contributed by atoms with Crippen molar-refractivity contribution in [3.8, 4) is 0 Å². The zero-order valence-electron chi connectivity index (χ0n) is 16.1. The summed E-state index contributed by atoms with van der Waals surface area (Å²) in [5, 5.41) is 5.87. The lowest BCUT2D eigenvalue weighted by Gasteiger charge is -2.53. The van der Waals surface area contributed by atoms with Crippen molar-refractivity contribution in [1.82, 2.24) is 10.2 Å². The Morgan fingerprint density at radius 2 is 2.00 bits per heavy atom. The van der Waals surface area contributed by atoms with E-state index in [1.165, 1.54) is 12.1 Å². The molecule has 3 rings (SSSR count). The highest BCUT2D eigenvalue weighted by Crippen LogP contribution is 2.45. The van der Waals surface area contributed by atoms with Crippen LogP contribution in [0, 0.1) is 17.2 Å². The maximum Gasteiger partial charge on any atom is 0.234 e. The number of carbonyl (C=O) groups excluding carboxylic acids is 2. The molecule has 0 atom stereocenters. The molecule has 0 radical (unpaired) electrons. The van der Waals surface area contributed by atoms with Gasteiger partial charge in [0.1, 0.15) is 5.82 Å². The molecular formula is C20H27ClFN3O3. The molecule has 28 heavy (non-hydrogen) atoms. The van der Waals surface area contributed by atoms with Crippen LogP contribution in [0.2, 0.25) is 5.02 Å². The molecule has 2 aliphatic rings. The molecular weight excluding hydrogens is 385 g/mol. The third kappa shape index (κ3) is 5.43. The molecule has 6 nitrogen and oxygen atoms in total. The summed E-state index contributed by atoms with van der Waals surface area (Å²) in [6, 6.07) is 4.03. The summed E-state index contributed by atoms with van der Waals surface area (Å²) in [6.45, 7) is 3.26. The molecule has 1 saturated carbocycles. The lowest BCUT2D eigenvalue weighted by molar-refractivity contribution is -0.128. The van der Waals surface area contributed by atoms with Crippen LogP contribution in [0.1, 0.15) is 25.7 Å². The van der Waals surface area contributed by atoms with E-state index in [0.29, 0.717) is 25.4 Å². The normalized spacial score (nSPS) is 19.2. The number of ether oxygens (including phenoxy) is 1. The van der Waals surface area contributed by atoms with Gasteiger partial charge in [0, 0.05) is 43.4 Å². The van der Waals surface area contributed by atoms with Crippen molar-refractivity contribution in [2.75, 3.05) is 45.2 Å². The Bertz CT molecular complexity index is 694. The van der Waals surface area contributed by atoms with E-state index < -0.39 is 5.82 Å². The molecule has 0 unspecified atom stereocenters. The molecule has 1 heterocycles. The maximum absolute atomic E-state index is 13.4. The summed E-state index contributed by atoms with van der Waals surface area (Å²) >= 11 is 5.84. The minimum absolute atomic E-state index is 0.0220. The van der Waals surface area contributed by atoms with Gasteiger partial charge in [-0.2, -0.15) is 0 Å². The van der Waals surface area contributed by atoms with E-state index in [1.807, 2.05) is 0 Å². The van der Waals surface area contributed by atoms with Crippen LogP contribution in [0.5, 0.6) is 0 Å². The van der Waals surface area contributed by atoms with Crippen molar-refractivity contribution in [3.05, 3.63) is 29.0 Å². The minimum atomic E-state index is -0.466. The van der Waals surface area contributed by atoms with Gasteiger partial charge in [-0.3, -0.25) is 14.5 Å². The van der Waals surface area contributed by atoms with E-state index >= 15 is 0 Å². The van der Waals surface area contributed by atoms with Crippen molar-refractivity contribution in [2.45, 2.75) is 25.7 Å². The zero-order valence-corrected chi connectivity index (χ0v) is 16.9. The number of hydrogen-bond donors (Lipinski definition) is 2. The quantitative estimate of drug-likeness (QED) is 0.677. The average Bonchev–Trinajstić information content (AvgIpc) is 2.60. The number of nitrogens with one attached hydrogen (secondary N) is 2. The lowest BCUT2D eigenvalue weighted by Crippen LogP contribution is -2.59. The molecule has 1 aliphatic carbocycles. The molecule has 154 valence electrons. The van der Waals surface area contributed by atoms with E-state index in [4.69, 9.17) is 16.3 Å². The number of rotatable bonds is 7. The first-order chi connectivity index (χ1) is 13.4. The number of benzene rings is 1. The summed E-state index contributed by atoms with van der Waals surface area (Å²) in [5.41, 5.74) is 0.621. The number of halogens is 2. The fourth-order valence-electron chi connectivity index (χ4n) is 4.24. The van der Waals surface area contributed by atoms with Crippen molar-refractivity contribution in [1.29, 1.82) is 0 Å². The predicted molar refractivity (Wildman–Crippen MR) is 106 cm³/mol. The van der Waals surface area contributed by atoms with Gasteiger partial charge < -0.3 is 15.4 Å². The van der Waals surface area contributed by atoms with Gasteiger partial charge in [0.25, 0.3) is 0 Å². The fraction of sp³-hybridized carbons (Fsp3) is 0.600. The number of methoxy groups -OCH3 is 1. The first-order valence-electron chi connectivity index (χ1n) is 9.64. The van der Waals surface area contributed by atoms with E-state index in [-0.39, 0.29) is 28.2 Å². The molecule has 1 aromatic rings. The summed E-state index contributed by atoms with van der Waals surface area (Å²) in [4.78, 5) is 26.5. The molecule has 1 aromatic carbocycles. The molecule has 1 aliphatic heterocycles. The topological polar surface area (TPSA) is 70.7 Å². The van der Waals surface area contributed by atoms with Crippen LogP contribution in [0.15, 0.2) is 18.2 Å². The molecule has 1 saturated heterocycles. The van der Waals surface area contributed by atoms with E-state index in [9.17, 15) is 14.0 Å². The maximum atomic E-state index is 13.4. The van der Waals surface area contributed by atoms with Crippen LogP contribution in [-0.4, -0.2) is 56.6 Å². The van der Waals surface area contributed by atoms with Crippen LogP contribution in [0.3, 0.4) is 0 Å². The number of anilines is 1. The zero-order chi connectivity index (χ0) is 20.1. The Hall–Kier alpha value is -1.70. The van der Waals surface area contributed by atoms with Crippen LogP contribution >= 0.6 is 11.6 Å². The average molecular weight is 412 g/mol. The van der Waals surface area contributed by atoms with Gasteiger partial charge >= 0.3 is 0 Å². The predicted octanol–water partition coefficient (Wildman–Crippen LogP) is 2.67. The number of hydrogen-bond acceptors (Lipinski definition) is 4. The highest BCUT2D eigenvalue weighted by Gasteiger charge is 2.46. The highest BCUT2D eigenvalue weighted by molar-refractivity contribution is 6.30. The largest absolute Gasteiger partial charge is 0.383 e. The summed E-state index contributed by atoms with van der Waals surface area (Å²) < 4.78 is 18.3. The van der Waals surface area contributed by atoms with Gasteiger partial charge in [-0.1, -0.05) is 11.6 Å². The molecule has 2 N–H and O–H groups in total. The number of carbonyl (C=O) groups is 2. The van der Waals surface area contributed by atoms with E-state index in [2.05, 4.69) is 15.5 Å². The van der Waals surface area contributed by atoms with Crippen molar-refractivity contribution >= 4 is 29.1 Å². The minimum Gasteiger partial charge on any atom is -0.383 e. The van der Waals surface area contributed by atoms with Crippen LogP contribution in [-0.2, 0) is 14.3 Å². The van der Waals surface area contributed by atoms with Crippen molar-refractivity contribution in [2.24, 2.45) is 11.3 Å². The Morgan fingerprint density at radius 1 is 1.29 bits per heavy atom. The summed E-state index contributed by atoms with van der Waals surface area (Å²) in [6.07, 6.45) is 3.55. The number of likely N-dealkylation sites (tertiary alicyclic amines) is 1. The van der Waals surface area contributed by atoms with E-state index in [1.54, 1.807) is 13.2 Å². The van der Waals surface area contributed by atoms with Gasteiger partial charge in [-0.05, 0) is 49.3 Å². The molecule has 8 heteroatoms. The van der Waals surface area contributed by atoms with Crippen molar-refractivity contribution < 1.29 is 18.7 Å². The fourth-order valence-corrected chi connectivity index (χ4v) is 4.47. The second-order valence-corrected chi connectivity index (χ2v) is 8.35. The van der Waals surface area contributed by atoms with Gasteiger partial charge in [0.2, 0.25) is 11.8 Å². The molecule has 0 bridgehead atoms. The lowest BCUT2D eigenvalue weighted by atomic mass is 9.65. The third-order valence-electron chi connectivity index (χ3n) is 5.66. The Balaban J connectivity index is 1.40. The Labute approximate surface area is 169 Å². The van der Waals surface area contributed by atoms with Crippen LogP contribution in [0.25, 0.3) is 0 Å². The van der Waals surface area contributed by atoms with Crippen molar-refractivity contribution in [3.63, 3.8) is 0 Å². The number of nitrogens with zero attached hydrogens (tertiary/aromatic N) is 1. The Morgan fingerprint density at radius 3 is 2.64 bits per heavy atom. The van der Waals surface area contributed by atoms with Gasteiger partial charge in [-0.15, -0.1) is 0 Å². The van der Waals surface area contributed by atoms with Gasteiger partial charge in [-0.25, -0.2) is 4.39 Å². The third-order valence-corrected chi connectivity index (χ3v) is 5.88. The Kier molecular flexibility index (Phi) is 6.91. The standard InChI is InChI=1S/C20H27ClFN3O3/c1-28-7-6-23-18(26)11-25-12-20(13-25)4-2-14(3-5-20)19(27)24-17-9-15(21)8-16(22)10-17/h8-10,14H,2-7,11-13H2,1H3,(H,23,26)(H,24,27). The monoisotopic (exact) mass is 411 g/mol. The SMILES string of the molecule is COCCNC(=O)CN1CC2(CCC(C(=O)Nc3cc(F)cc(Cl)c3)CC2)C1. The molecule has 0 aromatic heterocycles. The first kappa shape index (κ1) is 21.0. The van der Waals surface area contributed by atoms with Crippen LogP contribution in [0.4, 0.5) is 10.1 Å². The molecule has 1 spiro atoms. The number of amides is 2. The summed E-state index contributed by atoms with van der Waals surface area (Å²) in [7, 11) is 1.61. The summed E-state index contributed by atoms with van der Waals surface area (Å²) in [5.74, 6) is -0.593.